The number of rotatable bonds is 6. The van der Waals surface area contributed by atoms with Crippen molar-refractivity contribution in [1.82, 2.24) is 9.80 Å². The molecule has 1 atom stereocenters. The van der Waals surface area contributed by atoms with Gasteiger partial charge in [0.05, 0.1) is 17.7 Å². The van der Waals surface area contributed by atoms with Crippen LogP contribution in [0.1, 0.15) is 18.1 Å². The lowest BCUT2D eigenvalue weighted by molar-refractivity contribution is -0.121. The zero-order chi connectivity index (χ0) is 19.8. The molecule has 2 aromatic rings. The lowest BCUT2D eigenvalue weighted by Crippen LogP contribution is -2.52. The highest BCUT2D eigenvalue weighted by Crippen LogP contribution is 2.13. The third kappa shape index (κ3) is 5.53. The van der Waals surface area contributed by atoms with Gasteiger partial charge in [-0.15, -0.1) is 0 Å². The summed E-state index contributed by atoms with van der Waals surface area (Å²) in [5.41, 5.74) is 2.43. The van der Waals surface area contributed by atoms with Crippen molar-refractivity contribution >= 4 is 17.7 Å². The van der Waals surface area contributed by atoms with E-state index in [1.165, 1.54) is 5.56 Å². The highest BCUT2D eigenvalue weighted by atomic mass is 16.2. The molecule has 1 amide bonds. The number of nitrogens with one attached hydrogen (secondary N) is 1. The van der Waals surface area contributed by atoms with Crippen LogP contribution in [0.2, 0.25) is 0 Å². The maximum atomic E-state index is 12.6. The monoisotopic (exact) mass is 374 g/mol. The highest BCUT2D eigenvalue weighted by molar-refractivity contribution is 5.94. The number of hydrogen-bond acceptors (Lipinski definition) is 4. The molecule has 5 heteroatoms. The van der Waals surface area contributed by atoms with Crippen LogP contribution < -0.4 is 5.32 Å². The molecule has 1 aliphatic rings. The van der Waals surface area contributed by atoms with Gasteiger partial charge in [0.15, 0.2) is 0 Å². The third-order valence-electron chi connectivity index (χ3n) is 5.07. The number of nitriles is 1. The topological polar surface area (TPSA) is 59.4 Å². The molecule has 0 bridgehead atoms. The Hall–Kier alpha value is -2.94. The predicted molar refractivity (Wildman–Crippen MR) is 113 cm³/mol. The van der Waals surface area contributed by atoms with Crippen LogP contribution in [0.5, 0.6) is 0 Å². The summed E-state index contributed by atoms with van der Waals surface area (Å²) in [4.78, 5) is 17.2. The molecule has 3 rings (SSSR count). The number of piperazine rings is 1. The van der Waals surface area contributed by atoms with E-state index in [9.17, 15) is 4.79 Å². The number of amides is 1. The average molecular weight is 374 g/mol. The van der Waals surface area contributed by atoms with E-state index in [2.05, 4.69) is 45.5 Å². The summed E-state index contributed by atoms with van der Waals surface area (Å²) in [7, 11) is 0. The molecule has 2 aromatic carbocycles. The van der Waals surface area contributed by atoms with Crippen LogP contribution in [0.15, 0.2) is 60.7 Å². The first-order valence-corrected chi connectivity index (χ1v) is 9.65. The first-order chi connectivity index (χ1) is 13.7. The van der Waals surface area contributed by atoms with Crippen LogP contribution in [0.25, 0.3) is 6.08 Å². The molecular weight excluding hydrogens is 348 g/mol. The lowest BCUT2D eigenvalue weighted by atomic mass is 10.2. The van der Waals surface area contributed by atoms with Crippen molar-refractivity contribution in [3.63, 3.8) is 0 Å². The molecule has 1 fully saturated rings. The molecule has 144 valence electrons. The second-order valence-corrected chi connectivity index (χ2v) is 7.01. The summed E-state index contributed by atoms with van der Waals surface area (Å²) in [6.45, 7) is 6.48. The van der Waals surface area contributed by atoms with Crippen molar-refractivity contribution in [2.75, 3.05) is 38.0 Å². The second-order valence-electron chi connectivity index (χ2n) is 7.01. The highest BCUT2D eigenvalue weighted by Gasteiger charge is 2.25. The third-order valence-corrected chi connectivity index (χ3v) is 5.07. The zero-order valence-corrected chi connectivity index (χ0v) is 16.2. The van der Waals surface area contributed by atoms with Gasteiger partial charge in [-0.1, -0.05) is 48.6 Å². The van der Waals surface area contributed by atoms with Crippen LogP contribution >= 0.6 is 0 Å². The Morgan fingerprint density at radius 2 is 1.89 bits per heavy atom. The first kappa shape index (κ1) is 19.8. The minimum absolute atomic E-state index is 0.0347. The van der Waals surface area contributed by atoms with E-state index in [0.29, 0.717) is 11.3 Å². The Morgan fingerprint density at radius 1 is 1.14 bits per heavy atom. The van der Waals surface area contributed by atoms with Gasteiger partial charge in [-0.3, -0.25) is 14.6 Å². The molecule has 0 saturated carbocycles. The molecular formula is C23H26N4O. The molecule has 28 heavy (non-hydrogen) atoms. The summed E-state index contributed by atoms with van der Waals surface area (Å²) in [5.74, 6) is -0.0347. The normalized spacial score (nSPS) is 16.6. The maximum Gasteiger partial charge on any atom is 0.241 e. The summed E-state index contributed by atoms with van der Waals surface area (Å²) >= 11 is 0. The van der Waals surface area contributed by atoms with Crippen molar-refractivity contribution in [3.8, 4) is 6.07 Å². The van der Waals surface area contributed by atoms with Gasteiger partial charge in [0.1, 0.15) is 0 Å². The van der Waals surface area contributed by atoms with Gasteiger partial charge in [-0.25, -0.2) is 0 Å². The maximum absolute atomic E-state index is 12.6. The van der Waals surface area contributed by atoms with Crippen LogP contribution in [-0.4, -0.2) is 54.5 Å². The van der Waals surface area contributed by atoms with Crippen LogP contribution in [0.4, 0.5) is 5.69 Å². The second kappa shape index (κ2) is 9.84. The number of carbonyl (C=O) groups excluding carboxylic acids is 1. The molecule has 5 nitrogen and oxygen atoms in total. The number of benzene rings is 2. The fourth-order valence-corrected chi connectivity index (χ4v) is 3.31. The molecule has 0 aliphatic carbocycles. The summed E-state index contributed by atoms with van der Waals surface area (Å²) in [6, 6.07) is 19.2. The SMILES string of the molecule is C[C@@H](C(=O)Nc1cccc(C#N)c1)N1CCN(C/C=C/c2ccccc2)CC1. The molecule has 0 aromatic heterocycles. The summed E-state index contributed by atoms with van der Waals surface area (Å²) in [5, 5.41) is 11.9. The quantitative estimate of drug-likeness (QED) is 0.843. The Balaban J connectivity index is 1.45. The Morgan fingerprint density at radius 3 is 2.61 bits per heavy atom. The summed E-state index contributed by atoms with van der Waals surface area (Å²) in [6.07, 6.45) is 4.35. The van der Waals surface area contributed by atoms with E-state index in [1.807, 2.05) is 31.2 Å². The van der Waals surface area contributed by atoms with E-state index >= 15 is 0 Å². The van der Waals surface area contributed by atoms with Gasteiger partial charge in [-0.05, 0) is 30.7 Å². The van der Waals surface area contributed by atoms with Gasteiger partial charge in [0, 0.05) is 38.4 Å². The molecule has 1 heterocycles. The minimum atomic E-state index is -0.201. The smallest absolute Gasteiger partial charge is 0.241 e. The fraction of sp³-hybridized carbons (Fsp3) is 0.304. The van der Waals surface area contributed by atoms with Crippen molar-refractivity contribution in [2.45, 2.75) is 13.0 Å². The van der Waals surface area contributed by atoms with Crippen molar-refractivity contribution in [3.05, 3.63) is 71.8 Å². The van der Waals surface area contributed by atoms with Crippen molar-refractivity contribution < 1.29 is 4.79 Å². The van der Waals surface area contributed by atoms with Crippen LogP contribution in [-0.2, 0) is 4.79 Å². The zero-order valence-electron chi connectivity index (χ0n) is 16.2. The minimum Gasteiger partial charge on any atom is -0.325 e. The average Bonchev–Trinajstić information content (AvgIpc) is 2.74. The van der Waals surface area contributed by atoms with Gasteiger partial charge in [0.25, 0.3) is 0 Å². The Kier molecular flexibility index (Phi) is 6.96. The van der Waals surface area contributed by atoms with Gasteiger partial charge < -0.3 is 5.32 Å². The Bertz CT molecular complexity index is 848. The largest absolute Gasteiger partial charge is 0.325 e. The number of nitrogens with zero attached hydrogens (tertiary/aromatic N) is 3. The van der Waals surface area contributed by atoms with Crippen molar-refractivity contribution in [1.29, 1.82) is 5.26 Å². The molecule has 1 N–H and O–H groups in total. The summed E-state index contributed by atoms with van der Waals surface area (Å²) < 4.78 is 0. The van der Waals surface area contributed by atoms with Gasteiger partial charge in [-0.2, -0.15) is 5.26 Å². The van der Waals surface area contributed by atoms with Gasteiger partial charge >= 0.3 is 0 Å². The first-order valence-electron chi connectivity index (χ1n) is 9.65. The predicted octanol–water partition coefficient (Wildman–Crippen LogP) is 3.22. The van der Waals surface area contributed by atoms with E-state index in [4.69, 9.17) is 5.26 Å². The number of carbonyl (C=O) groups is 1. The van der Waals surface area contributed by atoms with Crippen molar-refractivity contribution in [2.24, 2.45) is 0 Å². The van der Waals surface area contributed by atoms with E-state index < -0.39 is 0 Å². The molecule has 0 radical (unpaired) electrons. The van der Waals surface area contributed by atoms with Crippen LogP contribution in [0, 0.1) is 11.3 Å². The van der Waals surface area contributed by atoms with E-state index in [1.54, 1.807) is 18.2 Å². The lowest BCUT2D eigenvalue weighted by Gasteiger charge is -2.37. The standard InChI is InChI=1S/C23H26N4O/c1-19(23(28)25-22-11-5-9-21(17-22)18-24)27-15-13-26(14-16-27)12-6-10-20-7-3-2-4-8-20/h2-11,17,19H,12-16H2,1H3,(H,25,28)/b10-6+/t19-/m0/s1. The van der Waals surface area contributed by atoms with Crippen LogP contribution in [0.3, 0.4) is 0 Å². The Labute approximate surface area is 166 Å². The fourth-order valence-electron chi connectivity index (χ4n) is 3.31. The molecule has 1 aliphatic heterocycles. The molecule has 0 spiro atoms. The number of hydrogen-bond donors (Lipinski definition) is 1. The molecule has 1 saturated heterocycles. The number of anilines is 1. The van der Waals surface area contributed by atoms with E-state index in [0.717, 1.165) is 32.7 Å². The van der Waals surface area contributed by atoms with E-state index in [-0.39, 0.29) is 11.9 Å². The van der Waals surface area contributed by atoms with Gasteiger partial charge in [0.2, 0.25) is 5.91 Å². The molecule has 0 unspecified atom stereocenters.